The van der Waals surface area contributed by atoms with Gasteiger partial charge in [0.25, 0.3) is 0 Å². The number of hydrogen-bond donors (Lipinski definition) is 3. The van der Waals surface area contributed by atoms with E-state index in [1.165, 1.54) is 6.08 Å². The topological polar surface area (TPSA) is 123 Å². The molecule has 0 bridgehead atoms. The molecule has 0 atom stereocenters. The van der Waals surface area contributed by atoms with Crippen molar-refractivity contribution in [3.05, 3.63) is 59.8 Å². The standard InChI is InChI=1S/C28H37N7O3/c1-6-24(37)34-28(4,5)23(36)15-19-8-7-9-20(14-19)16-29-27-33-26(31-21-10-12-38-13-11-21)32-25-22(18(2)3)17-30-35(25)27/h6-9,14,17-18,21H,1,10-13,15-16H2,2-5H3,(H,34,37)(H2,29,31,32,33). The summed E-state index contributed by atoms with van der Waals surface area (Å²) in [4.78, 5) is 34.1. The number of aromatic nitrogens is 4. The first-order valence-electron chi connectivity index (χ1n) is 13.1. The number of hydrogen-bond acceptors (Lipinski definition) is 8. The molecule has 202 valence electrons. The largest absolute Gasteiger partial charge is 0.381 e. The Morgan fingerprint density at radius 3 is 2.66 bits per heavy atom. The Bertz CT molecular complexity index is 1310. The highest BCUT2D eigenvalue weighted by Gasteiger charge is 2.28. The average Bonchev–Trinajstić information content (AvgIpc) is 3.32. The molecule has 1 fully saturated rings. The molecule has 1 saturated heterocycles. The second-order valence-corrected chi connectivity index (χ2v) is 10.5. The van der Waals surface area contributed by atoms with E-state index in [4.69, 9.17) is 14.7 Å². The number of benzene rings is 1. The van der Waals surface area contributed by atoms with Crippen molar-refractivity contribution < 1.29 is 14.3 Å². The van der Waals surface area contributed by atoms with Gasteiger partial charge in [-0.25, -0.2) is 0 Å². The summed E-state index contributed by atoms with van der Waals surface area (Å²) in [6.07, 6.45) is 5.03. The number of nitrogens with zero attached hydrogens (tertiary/aromatic N) is 4. The predicted molar refractivity (Wildman–Crippen MR) is 147 cm³/mol. The van der Waals surface area contributed by atoms with Crippen LogP contribution in [0, 0.1) is 0 Å². The zero-order valence-corrected chi connectivity index (χ0v) is 22.6. The van der Waals surface area contributed by atoms with Crippen molar-refractivity contribution in [3.8, 4) is 0 Å². The van der Waals surface area contributed by atoms with Crippen LogP contribution in [0.5, 0.6) is 0 Å². The lowest BCUT2D eigenvalue weighted by atomic mass is 9.93. The molecule has 1 aliphatic heterocycles. The fraction of sp³-hybridized carbons (Fsp3) is 0.464. The molecular weight excluding hydrogens is 482 g/mol. The summed E-state index contributed by atoms with van der Waals surface area (Å²) in [6, 6.07) is 8.08. The number of nitrogens with one attached hydrogen (secondary N) is 3. The van der Waals surface area contributed by atoms with Crippen molar-refractivity contribution in [3.63, 3.8) is 0 Å². The summed E-state index contributed by atoms with van der Waals surface area (Å²) in [6.45, 7) is 13.0. The third-order valence-corrected chi connectivity index (χ3v) is 6.70. The Balaban J connectivity index is 1.51. The van der Waals surface area contributed by atoms with Crippen molar-refractivity contribution in [2.24, 2.45) is 0 Å². The quantitative estimate of drug-likeness (QED) is 0.328. The maximum Gasteiger partial charge on any atom is 0.244 e. The van der Waals surface area contributed by atoms with E-state index in [0.717, 1.165) is 48.4 Å². The first-order valence-corrected chi connectivity index (χ1v) is 13.1. The molecule has 0 aliphatic carbocycles. The number of fused-ring (bicyclic) bond motifs is 1. The molecule has 1 amide bonds. The van der Waals surface area contributed by atoms with Crippen LogP contribution in [0.3, 0.4) is 0 Å². The maximum absolute atomic E-state index is 12.9. The molecule has 0 unspecified atom stereocenters. The first-order chi connectivity index (χ1) is 18.2. The van der Waals surface area contributed by atoms with Crippen molar-refractivity contribution in [1.29, 1.82) is 0 Å². The van der Waals surface area contributed by atoms with Gasteiger partial charge in [0.1, 0.15) is 0 Å². The minimum Gasteiger partial charge on any atom is -0.381 e. The van der Waals surface area contributed by atoms with Gasteiger partial charge in [-0.2, -0.15) is 19.6 Å². The summed E-state index contributed by atoms with van der Waals surface area (Å²) in [7, 11) is 0. The summed E-state index contributed by atoms with van der Waals surface area (Å²) in [5.41, 5.74) is 2.69. The zero-order valence-electron chi connectivity index (χ0n) is 22.6. The van der Waals surface area contributed by atoms with Gasteiger partial charge in [0.05, 0.1) is 11.7 Å². The second-order valence-electron chi connectivity index (χ2n) is 10.5. The zero-order chi connectivity index (χ0) is 27.3. The molecule has 3 heterocycles. The lowest BCUT2D eigenvalue weighted by Gasteiger charge is -2.24. The normalized spacial score (nSPS) is 14.4. The van der Waals surface area contributed by atoms with Crippen molar-refractivity contribution >= 4 is 29.2 Å². The molecule has 1 aliphatic rings. The minimum absolute atomic E-state index is 0.0862. The highest BCUT2D eigenvalue weighted by molar-refractivity contribution is 5.96. The molecule has 10 heteroatoms. The Labute approximate surface area is 223 Å². The number of rotatable bonds is 11. The number of ketones is 1. The molecule has 4 rings (SSSR count). The van der Waals surface area contributed by atoms with Crippen molar-refractivity contribution in [1.82, 2.24) is 24.9 Å². The lowest BCUT2D eigenvalue weighted by molar-refractivity contribution is -0.128. The van der Waals surface area contributed by atoms with Crippen molar-refractivity contribution in [2.45, 2.75) is 71.0 Å². The number of carbonyl (C=O) groups excluding carboxylic acids is 2. The van der Waals surface area contributed by atoms with Gasteiger partial charge in [-0.15, -0.1) is 0 Å². The molecule has 0 radical (unpaired) electrons. The summed E-state index contributed by atoms with van der Waals surface area (Å²) in [5.74, 6) is 0.962. The number of amides is 1. The Kier molecular flexibility index (Phi) is 8.41. The van der Waals surface area contributed by atoms with Gasteiger partial charge >= 0.3 is 0 Å². The van der Waals surface area contributed by atoms with Crippen LogP contribution >= 0.6 is 0 Å². The van der Waals surface area contributed by atoms with Crippen LogP contribution in [0.4, 0.5) is 11.9 Å². The number of anilines is 2. The molecule has 1 aromatic carbocycles. The minimum atomic E-state index is -0.992. The molecule has 10 nitrogen and oxygen atoms in total. The van der Waals surface area contributed by atoms with Gasteiger partial charge in [0, 0.05) is 37.8 Å². The van der Waals surface area contributed by atoms with Gasteiger partial charge in [0.15, 0.2) is 11.4 Å². The molecule has 0 saturated carbocycles. The fourth-order valence-electron chi connectivity index (χ4n) is 4.37. The monoisotopic (exact) mass is 519 g/mol. The highest BCUT2D eigenvalue weighted by atomic mass is 16.5. The van der Waals surface area contributed by atoms with E-state index in [2.05, 4.69) is 41.5 Å². The van der Waals surface area contributed by atoms with Crippen LogP contribution in [-0.2, 0) is 27.3 Å². The lowest BCUT2D eigenvalue weighted by Crippen LogP contribution is -2.49. The van der Waals surface area contributed by atoms with E-state index in [1.54, 1.807) is 18.4 Å². The van der Waals surface area contributed by atoms with E-state index >= 15 is 0 Å². The van der Waals surface area contributed by atoms with Crippen molar-refractivity contribution in [2.75, 3.05) is 23.8 Å². The summed E-state index contributed by atoms with van der Waals surface area (Å²) < 4.78 is 7.22. The van der Waals surface area contributed by atoms with E-state index in [1.807, 2.05) is 30.5 Å². The summed E-state index contributed by atoms with van der Waals surface area (Å²) in [5, 5.41) is 14.1. The van der Waals surface area contributed by atoms with Crippen LogP contribution in [0.15, 0.2) is 43.1 Å². The van der Waals surface area contributed by atoms with Gasteiger partial charge in [0.2, 0.25) is 17.8 Å². The Morgan fingerprint density at radius 1 is 1.21 bits per heavy atom. The van der Waals surface area contributed by atoms with Crippen LogP contribution in [0.1, 0.15) is 63.1 Å². The molecule has 3 N–H and O–H groups in total. The Hall–Kier alpha value is -3.79. The maximum atomic E-state index is 12.9. The van der Waals surface area contributed by atoms with E-state index in [9.17, 15) is 9.59 Å². The second kappa shape index (κ2) is 11.7. The predicted octanol–water partition coefficient (Wildman–Crippen LogP) is 3.64. The fourth-order valence-corrected chi connectivity index (χ4v) is 4.37. The van der Waals surface area contributed by atoms with E-state index < -0.39 is 5.54 Å². The van der Waals surface area contributed by atoms with Gasteiger partial charge < -0.3 is 20.7 Å². The molecule has 0 spiro atoms. The third-order valence-electron chi connectivity index (χ3n) is 6.70. The molecule has 3 aromatic rings. The molecule has 38 heavy (non-hydrogen) atoms. The van der Waals surface area contributed by atoms with Gasteiger partial charge in [-0.3, -0.25) is 9.59 Å². The molecular formula is C28H37N7O3. The number of ether oxygens (including phenoxy) is 1. The van der Waals surface area contributed by atoms with Crippen LogP contribution < -0.4 is 16.0 Å². The third kappa shape index (κ3) is 6.55. The average molecular weight is 520 g/mol. The van der Waals surface area contributed by atoms with Crippen LogP contribution in [0.25, 0.3) is 5.65 Å². The van der Waals surface area contributed by atoms with Gasteiger partial charge in [-0.05, 0) is 49.8 Å². The van der Waals surface area contributed by atoms with Crippen LogP contribution in [0.2, 0.25) is 0 Å². The Morgan fingerprint density at radius 2 is 1.95 bits per heavy atom. The van der Waals surface area contributed by atoms with E-state index in [-0.39, 0.29) is 30.1 Å². The SMILES string of the molecule is C=CC(=O)NC(C)(C)C(=O)Cc1cccc(CNc2nc(NC3CCOCC3)nc3c(C(C)C)cnn23)c1. The van der Waals surface area contributed by atoms with Gasteiger partial charge in [-0.1, -0.05) is 44.7 Å². The summed E-state index contributed by atoms with van der Waals surface area (Å²) >= 11 is 0. The number of Topliss-reactive ketones (excluding diaryl/α,β-unsaturated/α-hetero) is 1. The smallest absolute Gasteiger partial charge is 0.244 e. The first kappa shape index (κ1) is 27.3. The molecule has 2 aromatic heterocycles. The van der Waals surface area contributed by atoms with Crippen LogP contribution in [-0.4, -0.2) is 56.1 Å². The van der Waals surface area contributed by atoms with E-state index in [0.29, 0.717) is 18.4 Å². The number of carbonyl (C=O) groups is 2. The highest BCUT2D eigenvalue weighted by Crippen LogP contribution is 2.23.